The molecular weight excluding hydrogens is 636 g/mol. The van der Waals surface area contributed by atoms with Crippen LogP contribution in [0.15, 0.2) is 29.4 Å². The third-order valence-electron chi connectivity index (χ3n) is 9.06. The second-order valence-electron chi connectivity index (χ2n) is 13.1. The van der Waals surface area contributed by atoms with Crippen molar-refractivity contribution in [3.05, 3.63) is 24.4 Å². The van der Waals surface area contributed by atoms with Gasteiger partial charge in [0.05, 0.1) is 42.8 Å². The maximum absolute atomic E-state index is 12.6. The number of nitrogens with zero attached hydrogens (tertiary/aromatic N) is 3. The van der Waals surface area contributed by atoms with E-state index in [9.17, 15) is 19.2 Å². The monoisotopic (exact) mass is 709 g/mol. The number of methoxy groups -OCH3 is 2. The van der Waals surface area contributed by atoms with Gasteiger partial charge in [-0.15, -0.1) is 0 Å². The van der Waals surface area contributed by atoms with Crippen LogP contribution in [0, 0.1) is 17.8 Å². The Hall–Kier alpha value is -3.09. The standard InChI is InChI=1S/C18H37N3O3.C17H27N3O3.C3H8/c1-9-13(5)17(14(10-2)24-8)21(7)15(22)11-20-18(23)16(19-6)12(3)4;1-5-7-14(18-3)9-10-19-17(22)13(2)16(23-4)15-8-6-11-20(15)12-21;1-3-2/h12-14,16-17,19H,9-11H2,1-8H3,(H,20,23);5,7,12-13,15-16H,1,3,6,8-11H2,2,4H3,(H,19,22);3H2,1-2H3/b;14-7-;. The van der Waals surface area contributed by atoms with Gasteiger partial charge in [0.15, 0.2) is 0 Å². The molecule has 50 heavy (non-hydrogen) atoms. The van der Waals surface area contributed by atoms with E-state index in [1.165, 1.54) is 6.42 Å². The molecule has 1 aliphatic rings. The van der Waals surface area contributed by atoms with Gasteiger partial charge in [0.2, 0.25) is 24.1 Å². The summed E-state index contributed by atoms with van der Waals surface area (Å²) < 4.78 is 11.1. The van der Waals surface area contributed by atoms with Crippen molar-refractivity contribution in [2.45, 2.75) is 124 Å². The number of allylic oxidation sites excluding steroid dienone is 2. The average molecular weight is 709 g/mol. The highest BCUT2D eigenvalue weighted by Crippen LogP contribution is 2.25. The van der Waals surface area contributed by atoms with Crippen molar-refractivity contribution in [2.24, 2.45) is 22.7 Å². The number of hydrogen-bond donors (Lipinski definition) is 3. The molecule has 12 nitrogen and oxygen atoms in total. The number of aliphatic imine (C=N–C) groups is 1. The molecule has 290 valence electrons. The number of carbonyl (C=O) groups excluding carboxylic acids is 4. The number of rotatable bonds is 21. The molecule has 12 heteroatoms. The molecule has 0 bridgehead atoms. The molecule has 4 amide bonds. The Balaban J connectivity index is 0. The predicted octanol–water partition coefficient (Wildman–Crippen LogP) is 4.60. The highest BCUT2D eigenvalue weighted by Gasteiger charge is 2.37. The summed E-state index contributed by atoms with van der Waals surface area (Å²) >= 11 is 0. The highest BCUT2D eigenvalue weighted by atomic mass is 16.5. The highest BCUT2D eigenvalue weighted by molar-refractivity contribution is 5.87. The first-order valence-electron chi connectivity index (χ1n) is 18.3. The van der Waals surface area contributed by atoms with Gasteiger partial charge >= 0.3 is 0 Å². The molecule has 0 radical (unpaired) electrons. The molecule has 1 saturated heterocycles. The van der Waals surface area contributed by atoms with Gasteiger partial charge in [-0.25, -0.2) is 0 Å². The van der Waals surface area contributed by atoms with Crippen LogP contribution in [0.2, 0.25) is 0 Å². The summed E-state index contributed by atoms with van der Waals surface area (Å²) in [6.45, 7) is 24.6. The van der Waals surface area contributed by atoms with Gasteiger partial charge in [0, 0.05) is 46.5 Å². The van der Waals surface area contributed by atoms with Crippen molar-refractivity contribution in [3.8, 4) is 0 Å². The fourth-order valence-corrected chi connectivity index (χ4v) is 6.09. The first-order chi connectivity index (χ1) is 23.7. The van der Waals surface area contributed by atoms with Crippen LogP contribution in [0.5, 0.6) is 0 Å². The molecule has 1 fully saturated rings. The smallest absolute Gasteiger partial charge is 0.242 e. The minimum atomic E-state index is -0.339. The summed E-state index contributed by atoms with van der Waals surface area (Å²) in [7, 11) is 6.82. The van der Waals surface area contributed by atoms with Crippen LogP contribution in [-0.4, -0.2) is 119 Å². The van der Waals surface area contributed by atoms with E-state index in [2.05, 4.69) is 68.9 Å². The Morgan fingerprint density at radius 1 is 1.02 bits per heavy atom. The van der Waals surface area contributed by atoms with Crippen molar-refractivity contribution in [3.63, 3.8) is 0 Å². The predicted molar refractivity (Wildman–Crippen MR) is 205 cm³/mol. The summed E-state index contributed by atoms with van der Waals surface area (Å²) in [5, 5.41) is 8.62. The second kappa shape index (κ2) is 28.6. The lowest BCUT2D eigenvalue weighted by molar-refractivity contribution is -0.138. The number of nitrogens with one attached hydrogen (secondary N) is 3. The lowest BCUT2D eigenvalue weighted by Gasteiger charge is -2.37. The quantitative estimate of drug-likeness (QED) is 0.0900. The minimum Gasteiger partial charge on any atom is -0.379 e. The van der Waals surface area contributed by atoms with Crippen molar-refractivity contribution in [1.29, 1.82) is 0 Å². The SMILES string of the molecule is C=C/C=C(/CCNC(=O)C(C)C(OC)C1CCCN1C=O)N=C.CCC.CCC(C)C(C(CC)OC)N(C)C(=O)CNC(=O)C(NC)C(C)C. The minimum absolute atomic E-state index is 0.000372. The fourth-order valence-electron chi connectivity index (χ4n) is 6.09. The summed E-state index contributed by atoms with van der Waals surface area (Å²) in [5.41, 5.74) is 0.777. The van der Waals surface area contributed by atoms with Crippen molar-refractivity contribution >= 4 is 30.8 Å². The van der Waals surface area contributed by atoms with Gasteiger partial charge in [-0.2, -0.15) is 0 Å². The lowest BCUT2D eigenvalue weighted by atomic mass is 9.91. The van der Waals surface area contributed by atoms with Gasteiger partial charge in [0.1, 0.15) is 0 Å². The van der Waals surface area contributed by atoms with E-state index in [-0.39, 0.29) is 66.4 Å². The molecule has 7 unspecified atom stereocenters. The van der Waals surface area contributed by atoms with Gasteiger partial charge in [-0.3, -0.25) is 24.2 Å². The van der Waals surface area contributed by atoms with Crippen LogP contribution >= 0.6 is 0 Å². The number of ether oxygens (including phenoxy) is 2. The third-order valence-corrected chi connectivity index (χ3v) is 9.06. The molecule has 7 atom stereocenters. The molecule has 0 aliphatic carbocycles. The van der Waals surface area contributed by atoms with Crippen LogP contribution in [0.3, 0.4) is 0 Å². The van der Waals surface area contributed by atoms with E-state index in [4.69, 9.17) is 9.47 Å². The molecule has 0 aromatic carbocycles. The van der Waals surface area contributed by atoms with Crippen LogP contribution in [0.1, 0.15) is 93.9 Å². The molecule has 1 heterocycles. The molecule has 3 N–H and O–H groups in total. The van der Waals surface area contributed by atoms with Crippen LogP contribution in [0.4, 0.5) is 0 Å². The van der Waals surface area contributed by atoms with E-state index in [1.807, 2.05) is 20.8 Å². The van der Waals surface area contributed by atoms with Crippen LogP contribution in [-0.2, 0) is 28.7 Å². The maximum Gasteiger partial charge on any atom is 0.242 e. The zero-order valence-electron chi connectivity index (χ0n) is 33.4. The summed E-state index contributed by atoms with van der Waals surface area (Å²) in [6.07, 6.45) is 9.39. The Bertz CT molecular complexity index is 1020. The topological polar surface area (TPSA) is 142 Å². The maximum atomic E-state index is 12.6. The Labute approximate surface area is 304 Å². The molecule has 0 aromatic heterocycles. The number of carbonyl (C=O) groups is 4. The number of hydrogen-bond acceptors (Lipinski definition) is 8. The van der Waals surface area contributed by atoms with Gasteiger partial charge in [0.25, 0.3) is 0 Å². The van der Waals surface area contributed by atoms with E-state index >= 15 is 0 Å². The Kier molecular flexibility index (Phi) is 28.0. The summed E-state index contributed by atoms with van der Waals surface area (Å²) in [6, 6.07) is -0.334. The van der Waals surface area contributed by atoms with E-state index in [1.54, 1.807) is 50.3 Å². The van der Waals surface area contributed by atoms with E-state index in [0.717, 1.165) is 44.3 Å². The first kappa shape index (κ1) is 49.0. The lowest BCUT2D eigenvalue weighted by Crippen LogP contribution is -2.53. The van der Waals surface area contributed by atoms with Crippen molar-refractivity contribution < 1.29 is 28.7 Å². The summed E-state index contributed by atoms with van der Waals surface area (Å²) in [5.74, 6) is -0.185. The molecule has 1 aliphatic heterocycles. The van der Waals surface area contributed by atoms with Crippen LogP contribution in [0.25, 0.3) is 0 Å². The Morgan fingerprint density at radius 2 is 1.64 bits per heavy atom. The zero-order chi connectivity index (χ0) is 38.8. The number of likely N-dealkylation sites (N-methyl/N-ethyl adjacent to an activating group) is 2. The van der Waals surface area contributed by atoms with Gasteiger partial charge in [-0.05, 0) is 50.9 Å². The molecule has 0 saturated carbocycles. The first-order valence-corrected chi connectivity index (χ1v) is 18.3. The van der Waals surface area contributed by atoms with E-state index < -0.39 is 0 Å². The van der Waals surface area contributed by atoms with Crippen LogP contribution < -0.4 is 16.0 Å². The van der Waals surface area contributed by atoms with Crippen molar-refractivity contribution in [1.82, 2.24) is 25.8 Å². The number of likely N-dealkylation sites (tertiary alicyclic amines) is 1. The summed E-state index contributed by atoms with van der Waals surface area (Å²) in [4.78, 5) is 55.5. The molecule has 1 rings (SSSR count). The second-order valence-corrected chi connectivity index (χ2v) is 13.1. The Morgan fingerprint density at radius 3 is 2.08 bits per heavy atom. The normalized spacial score (nSPS) is 17.7. The molecular formula is C38H72N6O6. The molecule has 0 spiro atoms. The number of amides is 4. The largest absolute Gasteiger partial charge is 0.379 e. The average Bonchev–Trinajstić information content (AvgIpc) is 3.57. The van der Waals surface area contributed by atoms with Gasteiger partial charge < -0.3 is 35.2 Å². The van der Waals surface area contributed by atoms with Gasteiger partial charge in [-0.1, -0.05) is 80.9 Å². The third kappa shape index (κ3) is 17.2. The van der Waals surface area contributed by atoms with E-state index in [0.29, 0.717) is 18.9 Å². The zero-order valence-corrected chi connectivity index (χ0v) is 33.4. The fraction of sp³-hybridized carbons (Fsp3) is 0.763. The molecule has 0 aromatic rings. The van der Waals surface area contributed by atoms with Crippen molar-refractivity contribution in [2.75, 3.05) is 47.9 Å².